The van der Waals surface area contributed by atoms with Gasteiger partial charge < -0.3 is 15.5 Å². The van der Waals surface area contributed by atoms with E-state index in [4.69, 9.17) is 10.2 Å². The largest absolute Gasteiger partial charge is 0.481 e. The zero-order valence-electron chi connectivity index (χ0n) is 11.3. The molecule has 0 saturated heterocycles. The van der Waals surface area contributed by atoms with Gasteiger partial charge in [-0.25, -0.2) is 0 Å². The molecule has 6 nitrogen and oxygen atoms in total. The van der Waals surface area contributed by atoms with Crippen LogP contribution in [0.15, 0.2) is 0 Å². The summed E-state index contributed by atoms with van der Waals surface area (Å²) in [5.74, 6) is -0.971. The van der Waals surface area contributed by atoms with E-state index in [0.29, 0.717) is 6.54 Å². The van der Waals surface area contributed by atoms with E-state index in [9.17, 15) is 9.59 Å². The Morgan fingerprint density at radius 1 is 1.16 bits per heavy atom. The van der Waals surface area contributed by atoms with Crippen LogP contribution >= 0.6 is 0 Å². The molecule has 6 heteroatoms. The van der Waals surface area contributed by atoms with E-state index in [2.05, 4.69) is 5.32 Å². The van der Waals surface area contributed by atoms with Gasteiger partial charge in [0, 0.05) is 19.1 Å². The molecule has 1 saturated carbocycles. The van der Waals surface area contributed by atoms with Crippen LogP contribution in [0.25, 0.3) is 0 Å². The van der Waals surface area contributed by atoms with Crippen molar-refractivity contribution in [1.29, 1.82) is 0 Å². The molecular weight excluding hydrogens is 248 g/mol. The average Bonchev–Trinajstić information content (AvgIpc) is 2.37. The third kappa shape index (κ3) is 7.12. The van der Waals surface area contributed by atoms with Crippen molar-refractivity contribution in [3.63, 3.8) is 0 Å². The topological polar surface area (TPSA) is 89.9 Å². The van der Waals surface area contributed by atoms with E-state index in [-0.39, 0.29) is 38.1 Å². The van der Waals surface area contributed by atoms with Crippen LogP contribution in [-0.2, 0) is 9.59 Å². The maximum atomic E-state index is 11.9. The van der Waals surface area contributed by atoms with Crippen LogP contribution in [0.2, 0.25) is 0 Å². The first kappa shape index (κ1) is 15.9. The predicted molar refractivity (Wildman–Crippen MR) is 70.8 cm³/mol. The Labute approximate surface area is 113 Å². The SMILES string of the molecule is O=C(O)CCN(CCO)CC(=O)NC1CCCCC1. The molecule has 0 bridgehead atoms. The number of nitrogens with zero attached hydrogens (tertiary/aromatic N) is 1. The van der Waals surface area contributed by atoms with Gasteiger partial charge in [-0.05, 0) is 12.8 Å². The van der Waals surface area contributed by atoms with E-state index < -0.39 is 5.97 Å². The number of aliphatic hydroxyl groups excluding tert-OH is 1. The van der Waals surface area contributed by atoms with E-state index in [1.165, 1.54) is 6.42 Å². The summed E-state index contributed by atoms with van der Waals surface area (Å²) in [6.45, 7) is 0.694. The highest BCUT2D eigenvalue weighted by atomic mass is 16.4. The molecule has 3 N–H and O–H groups in total. The Kier molecular flexibility index (Phi) is 7.43. The van der Waals surface area contributed by atoms with Crippen molar-refractivity contribution in [1.82, 2.24) is 10.2 Å². The zero-order chi connectivity index (χ0) is 14.1. The van der Waals surface area contributed by atoms with Gasteiger partial charge in [0.1, 0.15) is 0 Å². The molecule has 0 aromatic heterocycles. The van der Waals surface area contributed by atoms with E-state index in [1.807, 2.05) is 0 Å². The van der Waals surface area contributed by atoms with Gasteiger partial charge in [0.25, 0.3) is 0 Å². The molecule has 0 heterocycles. The fourth-order valence-corrected chi connectivity index (χ4v) is 2.39. The maximum absolute atomic E-state index is 11.9. The normalized spacial score (nSPS) is 16.5. The van der Waals surface area contributed by atoms with Crippen molar-refractivity contribution in [3.05, 3.63) is 0 Å². The number of aliphatic hydroxyl groups is 1. The molecule has 1 fully saturated rings. The second kappa shape index (κ2) is 8.87. The Hall–Kier alpha value is -1.14. The number of hydrogen-bond acceptors (Lipinski definition) is 4. The van der Waals surface area contributed by atoms with E-state index in [0.717, 1.165) is 25.7 Å². The van der Waals surface area contributed by atoms with Gasteiger partial charge in [0.05, 0.1) is 19.6 Å². The Bertz CT molecular complexity index is 290. The number of rotatable bonds is 8. The summed E-state index contributed by atoms with van der Waals surface area (Å²) < 4.78 is 0. The molecule has 0 aromatic rings. The summed E-state index contributed by atoms with van der Waals surface area (Å²) in [4.78, 5) is 24.1. The molecule has 0 aromatic carbocycles. The first-order valence-electron chi connectivity index (χ1n) is 6.96. The van der Waals surface area contributed by atoms with Crippen LogP contribution < -0.4 is 5.32 Å². The molecule has 1 amide bonds. The molecule has 1 aliphatic carbocycles. The number of aliphatic carboxylic acids is 1. The van der Waals surface area contributed by atoms with Crippen LogP contribution in [0, 0.1) is 0 Å². The first-order valence-corrected chi connectivity index (χ1v) is 6.96. The maximum Gasteiger partial charge on any atom is 0.304 e. The predicted octanol–water partition coefficient (Wildman–Crippen LogP) is 0.204. The van der Waals surface area contributed by atoms with Crippen LogP contribution in [0.3, 0.4) is 0 Å². The van der Waals surface area contributed by atoms with E-state index >= 15 is 0 Å². The molecule has 0 radical (unpaired) electrons. The van der Waals surface area contributed by atoms with Gasteiger partial charge in [-0.2, -0.15) is 0 Å². The van der Waals surface area contributed by atoms with Gasteiger partial charge in [-0.1, -0.05) is 19.3 Å². The lowest BCUT2D eigenvalue weighted by molar-refractivity contribution is -0.137. The molecule has 19 heavy (non-hydrogen) atoms. The van der Waals surface area contributed by atoms with Gasteiger partial charge in [-0.3, -0.25) is 14.5 Å². The van der Waals surface area contributed by atoms with Gasteiger partial charge >= 0.3 is 5.97 Å². The molecule has 0 unspecified atom stereocenters. The quantitative estimate of drug-likeness (QED) is 0.587. The summed E-state index contributed by atoms with van der Waals surface area (Å²) >= 11 is 0. The minimum Gasteiger partial charge on any atom is -0.481 e. The lowest BCUT2D eigenvalue weighted by Gasteiger charge is -2.25. The van der Waals surface area contributed by atoms with E-state index in [1.54, 1.807) is 4.90 Å². The lowest BCUT2D eigenvalue weighted by Crippen LogP contribution is -2.44. The molecule has 0 atom stereocenters. The van der Waals surface area contributed by atoms with Crippen molar-refractivity contribution in [2.75, 3.05) is 26.2 Å². The highest BCUT2D eigenvalue weighted by Crippen LogP contribution is 2.17. The van der Waals surface area contributed by atoms with Gasteiger partial charge in [0.2, 0.25) is 5.91 Å². The monoisotopic (exact) mass is 272 g/mol. The number of hydrogen-bond donors (Lipinski definition) is 3. The summed E-state index contributed by atoms with van der Waals surface area (Å²) in [5, 5.41) is 20.5. The van der Waals surface area contributed by atoms with Crippen molar-refractivity contribution >= 4 is 11.9 Å². The van der Waals surface area contributed by atoms with Crippen LogP contribution in [0.4, 0.5) is 0 Å². The average molecular weight is 272 g/mol. The number of carboxylic acid groups (broad SMARTS) is 1. The molecule has 1 aliphatic rings. The van der Waals surface area contributed by atoms with Crippen LogP contribution in [0.1, 0.15) is 38.5 Å². The fourth-order valence-electron chi connectivity index (χ4n) is 2.39. The summed E-state index contributed by atoms with van der Waals surface area (Å²) in [6, 6.07) is 0.261. The lowest BCUT2D eigenvalue weighted by atomic mass is 9.95. The molecule has 1 rings (SSSR count). The summed E-state index contributed by atoms with van der Waals surface area (Å²) in [6.07, 6.45) is 5.59. The Morgan fingerprint density at radius 2 is 1.84 bits per heavy atom. The van der Waals surface area contributed by atoms with Gasteiger partial charge in [-0.15, -0.1) is 0 Å². The second-order valence-corrected chi connectivity index (χ2v) is 5.05. The molecule has 0 spiro atoms. The first-order chi connectivity index (χ1) is 9.11. The van der Waals surface area contributed by atoms with Crippen LogP contribution in [-0.4, -0.2) is 59.3 Å². The smallest absolute Gasteiger partial charge is 0.304 e. The third-order valence-corrected chi connectivity index (χ3v) is 3.40. The summed E-state index contributed by atoms with van der Waals surface area (Å²) in [7, 11) is 0. The number of amides is 1. The minimum atomic E-state index is -0.893. The second-order valence-electron chi connectivity index (χ2n) is 5.05. The van der Waals surface area contributed by atoms with Crippen LogP contribution in [0.5, 0.6) is 0 Å². The fraction of sp³-hybridized carbons (Fsp3) is 0.846. The number of nitrogens with one attached hydrogen (secondary N) is 1. The molecular formula is C13H24N2O4. The van der Waals surface area contributed by atoms with Crippen molar-refractivity contribution in [2.45, 2.75) is 44.6 Å². The third-order valence-electron chi connectivity index (χ3n) is 3.40. The molecule has 0 aliphatic heterocycles. The zero-order valence-corrected chi connectivity index (χ0v) is 11.3. The Morgan fingerprint density at radius 3 is 2.42 bits per heavy atom. The Balaban J connectivity index is 2.30. The number of carbonyl (C=O) groups excluding carboxylic acids is 1. The minimum absolute atomic E-state index is 0.0172. The standard InChI is InChI=1S/C13H24N2O4/c16-9-8-15(7-6-13(18)19)10-12(17)14-11-4-2-1-3-5-11/h11,16H,1-10H2,(H,14,17)(H,18,19). The van der Waals surface area contributed by atoms with Gasteiger partial charge in [0.15, 0.2) is 0 Å². The number of carbonyl (C=O) groups is 2. The van der Waals surface area contributed by atoms with Crippen molar-refractivity contribution in [2.24, 2.45) is 0 Å². The van der Waals surface area contributed by atoms with Crippen molar-refractivity contribution in [3.8, 4) is 0 Å². The summed E-state index contributed by atoms with van der Waals surface area (Å²) in [5.41, 5.74) is 0. The molecule has 110 valence electrons. The highest BCUT2D eigenvalue weighted by Gasteiger charge is 2.17. The highest BCUT2D eigenvalue weighted by molar-refractivity contribution is 5.78. The van der Waals surface area contributed by atoms with Crippen molar-refractivity contribution < 1.29 is 19.8 Å². The number of carboxylic acids is 1.